The predicted molar refractivity (Wildman–Crippen MR) is 72.6 cm³/mol. The van der Waals surface area contributed by atoms with E-state index in [0.717, 1.165) is 21.6 Å². The summed E-state index contributed by atoms with van der Waals surface area (Å²) < 4.78 is 0. The Morgan fingerprint density at radius 3 is 2.44 bits per heavy atom. The van der Waals surface area contributed by atoms with Crippen LogP contribution >= 0.6 is 11.3 Å². The minimum atomic E-state index is -0.0336. The van der Waals surface area contributed by atoms with E-state index in [2.05, 4.69) is 5.32 Å². The fourth-order valence-corrected chi connectivity index (χ4v) is 2.47. The number of amides is 1. The van der Waals surface area contributed by atoms with E-state index in [-0.39, 0.29) is 12.5 Å². The molecule has 0 fully saturated rings. The largest absolute Gasteiger partial charge is 0.392 e. The number of carbonyl (C=O) groups excluding carboxylic acids is 1. The van der Waals surface area contributed by atoms with Crippen LogP contribution < -0.4 is 5.32 Å². The lowest BCUT2D eigenvalue weighted by atomic mass is 10.1. The molecular weight excluding hydrogens is 246 g/mol. The third-order valence-electron chi connectivity index (χ3n) is 2.73. The van der Waals surface area contributed by atoms with Crippen molar-refractivity contribution in [2.24, 2.45) is 0 Å². The van der Waals surface area contributed by atoms with Crippen LogP contribution in [0.4, 0.5) is 0 Å². The maximum atomic E-state index is 11.9. The van der Waals surface area contributed by atoms with Gasteiger partial charge in [0.2, 0.25) is 0 Å². The van der Waals surface area contributed by atoms with Crippen LogP contribution in [0.2, 0.25) is 0 Å². The maximum absolute atomic E-state index is 11.9. The van der Waals surface area contributed by atoms with Crippen LogP contribution in [0.1, 0.15) is 26.4 Å². The summed E-state index contributed by atoms with van der Waals surface area (Å²) >= 11 is 1.45. The van der Waals surface area contributed by atoms with Crippen LogP contribution in [0.3, 0.4) is 0 Å². The van der Waals surface area contributed by atoms with Crippen LogP contribution in [0.5, 0.6) is 0 Å². The first kappa shape index (κ1) is 12.8. The minimum absolute atomic E-state index is 0.0336. The summed E-state index contributed by atoms with van der Waals surface area (Å²) in [6.45, 7) is 2.48. The lowest BCUT2D eigenvalue weighted by molar-refractivity contribution is 0.0954. The molecule has 18 heavy (non-hydrogen) atoms. The molecule has 0 radical (unpaired) electrons. The molecule has 0 spiro atoms. The van der Waals surface area contributed by atoms with Crippen LogP contribution in [0.25, 0.3) is 0 Å². The molecule has 0 bridgehead atoms. The zero-order valence-corrected chi connectivity index (χ0v) is 11.0. The summed E-state index contributed by atoms with van der Waals surface area (Å²) in [5, 5.41) is 13.7. The van der Waals surface area contributed by atoms with Crippen LogP contribution in [0, 0.1) is 6.92 Å². The number of thiophene rings is 1. The number of carbonyl (C=O) groups is 1. The molecule has 2 rings (SSSR count). The minimum Gasteiger partial charge on any atom is -0.392 e. The highest BCUT2D eigenvalue weighted by atomic mass is 32.1. The summed E-state index contributed by atoms with van der Waals surface area (Å²) in [5.41, 5.74) is 2.90. The number of benzene rings is 1. The number of hydrogen-bond donors (Lipinski definition) is 2. The van der Waals surface area contributed by atoms with Crippen molar-refractivity contribution in [3.63, 3.8) is 0 Å². The fourth-order valence-electron chi connectivity index (χ4n) is 1.63. The lowest BCUT2D eigenvalue weighted by Crippen LogP contribution is -2.22. The van der Waals surface area contributed by atoms with Crippen molar-refractivity contribution in [1.29, 1.82) is 0 Å². The predicted octanol–water partition coefficient (Wildman–Crippen LogP) is 2.48. The molecule has 94 valence electrons. The van der Waals surface area contributed by atoms with Crippen molar-refractivity contribution < 1.29 is 9.90 Å². The Morgan fingerprint density at radius 1 is 1.22 bits per heavy atom. The summed E-state index contributed by atoms with van der Waals surface area (Å²) in [6.07, 6.45) is 0. The average Bonchev–Trinajstić information content (AvgIpc) is 2.83. The van der Waals surface area contributed by atoms with E-state index in [0.29, 0.717) is 6.54 Å². The lowest BCUT2D eigenvalue weighted by Gasteiger charge is -2.05. The Hall–Kier alpha value is -1.65. The molecule has 0 saturated carbocycles. The second-order valence-electron chi connectivity index (χ2n) is 4.09. The Morgan fingerprint density at radius 2 is 1.89 bits per heavy atom. The van der Waals surface area contributed by atoms with Gasteiger partial charge in [0, 0.05) is 6.54 Å². The van der Waals surface area contributed by atoms with E-state index >= 15 is 0 Å². The van der Waals surface area contributed by atoms with E-state index < -0.39 is 0 Å². The molecule has 1 aromatic carbocycles. The van der Waals surface area contributed by atoms with Gasteiger partial charge in [0.15, 0.2) is 0 Å². The van der Waals surface area contributed by atoms with Gasteiger partial charge in [0.25, 0.3) is 5.91 Å². The molecule has 1 amide bonds. The van der Waals surface area contributed by atoms with E-state index in [9.17, 15) is 4.79 Å². The molecule has 0 atom stereocenters. The molecule has 2 N–H and O–H groups in total. The standard InChI is InChI=1S/C14H15NO2S/c1-10-6-7-18-13(10)14(17)15-8-11-2-4-12(9-16)5-3-11/h2-7,16H,8-9H2,1H3,(H,15,17). The first-order valence-electron chi connectivity index (χ1n) is 5.71. The number of aryl methyl sites for hydroxylation is 1. The Kier molecular flexibility index (Phi) is 4.12. The molecule has 1 aromatic heterocycles. The summed E-state index contributed by atoms with van der Waals surface area (Å²) in [5.74, 6) is -0.0336. The summed E-state index contributed by atoms with van der Waals surface area (Å²) in [4.78, 5) is 12.6. The monoisotopic (exact) mass is 261 g/mol. The highest BCUT2D eigenvalue weighted by Gasteiger charge is 2.09. The van der Waals surface area contributed by atoms with Gasteiger partial charge in [0.05, 0.1) is 11.5 Å². The maximum Gasteiger partial charge on any atom is 0.261 e. The highest BCUT2D eigenvalue weighted by Crippen LogP contribution is 2.15. The molecule has 0 aliphatic carbocycles. The van der Waals surface area contributed by atoms with Crippen molar-refractivity contribution in [2.45, 2.75) is 20.1 Å². The quantitative estimate of drug-likeness (QED) is 0.888. The van der Waals surface area contributed by atoms with Crippen LogP contribution in [-0.4, -0.2) is 11.0 Å². The number of nitrogens with one attached hydrogen (secondary N) is 1. The van der Waals surface area contributed by atoms with Gasteiger partial charge in [0.1, 0.15) is 0 Å². The molecule has 2 aromatic rings. The normalized spacial score (nSPS) is 10.3. The fraction of sp³-hybridized carbons (Fsp3) is 0.214. The SMILES string of the molecule is Cc1ccsc1C(=O)NCc1ccc(CO)cc1. The molecule has 0 aliphatic heterocycles. The number of aliphatic hydroxyl groups is 1. The van der Waals surface area contributed by atoms with Gasteiger partial charge in [-0.1, -0.05) is 24.3 Å². The van der Waals surface area contributed by atoms with Gasteiger partial charge in [-0.15, -0.1) is 11.3 Å². The Bertz CT molecular complexity index is 531. The van der Waals surface area contributed by atoms with Gasteiger partial charge in [-0.25, -0.2) is 0 Å². The zero-order valence-electron chi connectivity index (χ0n) is 10.1. The average molecular weight is 261 g/mol. The van der Waals surface area contributed by atoms with E-state index in [4.69, 9.17) is 5.11 Å². The van der Waals surface area contributed by atoms with Gasteiger partial charge in [-0.3, -0.25) is 4.79 Å². The Balaban J connectivity index is 1.95. The molecule has 0 saturated heterocycles. The van der Waals surface area contributed by atoms with Gasteiger partial charge >= 0.3 is 0 Å². The van der Waals surface area contributed by atoms with E-state index in [1.165, 1.54) is 11.3 Å². The van der Waals surface area contributed by atoms with E-state index in [1.807, 2.05) is 42.6 Å². The van der Waals surface area contributed by atoms with Crippen molar-refractivity contribution in [3.8, 4) is 0 Å². The van der Waals surface area contributed by atoms with Crippen LogP contribution in [0.15, 0.2) is 35.7 Å². The molecule has 4 heteroatoms. The third kappa shape index (κ3) is 2.97. The zero-order chi connectivity index (χ0) is 13.0. The van der Waals surface area contributed by atoms with Crippen molar-refractivity contribution in [1.82, 2.24) is 5.32 Å². The smallest absolute Gasteiger partial charge is 0.261 e. The first-order chi connectivity index (χ1) is 8.70. The molecule has 1 heterocycles. The molecular formula is C14H15NO2S. The third-order valence-corrected chi connectivity index (χ3v) is 3.74. The number of rotatable bonds is 4. The van der Waals surface area contributed by atoms with Crippen molar-refractivity contribution in [3.05, 3.63) is 57.3 Å². The number of aliphatic hydroxyl groups excluding tert-OH is 1. The van der Waals surface area contributed by atoms with E-state index in [1.54, 1.807) is 0 Å². The Labute approximate surface area is 110 Å². The molecule has 3 nitrogen and oxygen atoms in total. The van der Waals surface area contributed by atoms with Crippen molar-refractivity contribution in [2.75, 3.05) is 0 Å². The number of hydrogen-bond acceptors (Lipinski definition) is 3. The first-order valence-corrected chi connectivity index (χ1v) is 6.59. The topological polar surface area (TPSA) is 49.3 Å². The molecule has 0 aliphatic rings. The van der Waals surface area contributed by atoms with Gasteiger partial charge < -0.3 is 10.4 Å². The highest BCUT2D eigenvalue weighted by molar-refractivity contribution is 7.12. The van der Waals surface area contributed by atoms with Gasteiger partial charge in [-0.05, 0) is 35.1 Å². The second-order valence-corrected chi connectivity index (χ2v) is 5.01. The van der Waals surface area contributed by atoms with Crippen molar-refractivity contribution >= 4 is 17.2 Å². The molecule has 0 unspecified atom stereocenters. The second kappa shape index (κ2) is 5.80. The van der Waals surface area contributed by atoms with Crippen LogP contribution in [-0.2, 0) is 13.2 Å². The van der Waals surface area contributed by atoms with Gasteiger partial charge in [-0.2, -0.15) is 0 Å². The summed E-state index contributed by atoms with van der Waals surface area (Å²) in [6, 6.07) is 9.48. The summed E-state index contributed by atoms with van der Waals surface area (Å²) in [7, 11) is 0.